The Morgan fingerprint density at radius 2 is 2.00 bits per heavy atom. The van der Waals surface area contributed by atoms with Crippen molar-refractivity contribution in [3.8, 4) is 0 Å². The number of hydrogen-bond acceptors (Lipinski definition) is 3. The first kappa shape index (κ1) is 13.2. The average molecular weight is 256 g/mol. The van der Waals surface area contributed by atoms with Crippen molar-refractivity contribution in [2.24, 2.45) is 23.5 Å². The number of rotatable bonds is 4. The molecule has 0 radical (unpaired) electrons. The van der Waals surface area contributed by atoms with Gasteiger partial charge in [0.2, 0.25) is 5.91 Å². The Balaban J connectivity index is 1.72. The van der Waals surface area contributed by atoms with Gasteiger partial charge in [-0.2, -0.15) is 11.8 Å². The molecule has 1 saturated heterocycles. The van der Waals surface area contributed by atoms with Crippen molar-refractivity contribution in [1.82, 2.24) is 5.32 Å². The molecule has 2 atom stereocenters. The zero-order valence-electron chi connectivity index (χ0n) is 10.5. The number of amides is 1. The fraction of sp³-hybridized carbons (Fsp3) is 0.923. The predicted molar refractivity (Wildman–Crippen MR) is 72.9 cm³/mol. The van der Waals surface area contributed by atoms with Gasteiger partial charge in [0.1, 0.15) is 0 Å². The topological polar surface area (TPSA) is 55.1 Å². The zero-order chi connectivity index (χ0) is 12.1. The average Bonchev–Trinajstić information content (AvgIpc) is 2.85. The molecule has 2 aliphatic rings. The van der Waals surface area contributed by atoms with E-state index in [1.807, 2.05) is 11.8 Å². The fourth-order valence-corrected chi connectivity index (χ4v) is 4.19. The Bertz CT molecular complexity index is 254. The van der Waals surface area contributed by atoms with Crippen LogP contribution in [0.3, 0.4) is 0 Å². The first-order chi connectivity index (χ1) is 8.31. The molecule has 0 aromatic carbocycles. The van der Waals surface area contributed by atoms with Crippen molar-refractivity contribution in [1.29, 1.82) is 0 Å². The summed E-state index contributed by atoms with van der Waals surface area (Å²) in [5.41, 5.74) is 5.72. The summed E-state index contributed by atoms with van der Waals surface area (Å²) >= 11 is 2.03. The molecule has 1 amide bonds. The summed E-state index contributed by atoms with van der Waals surface area (Å²) in [6, 6.07) is 0. The lowest BCUT2D eigenvalue weighted by atomic mass is 9.95. The van der Waals surface area contributed by atoms with Crippen LogP contribution in [0, 0.1) is 17.8 Å². The molecular formula is C13H24N2OS. The monoisotopic (exact) mass is 256 g/mol. The van der Waals surface area contributed by atoms with E-state index in [1.165, 1.54) is 30.8 Å². The first-order valence-corrected chi connectivity index (χ1v) is 8.02. The minimum Gasteiger partial charge on any atom is -0.356 e. The van der Waals surface area contributed by atoms with Gasteiger partial charge in [-0.05, 0) is 55.6 Å². The van der Waals surface area contributed by atoms with Crippen molar-refractivity contribution in [2.45, 2.75) is 32.1 Å². The highest BCUT2D eigenvalue weighted by molar-refractivity contribution is 7.99. The van der Waals surface area contributed by atoms with E-state index in [4.69, 9.17) is 5.73 Å². The van der Waals surface area contributed by atoms with Gasteiger partial charge in [0, 0.05) is 12.5 Å². The molecule has 17 heavy (non-hydrogen) atoms. The van der Waals surface area contributed by atoms with Crippen molar-refractivity contribution in [3.05, 3.63) is 0 Å². The summed E-state index contributed by atoms with van der Waals surface area (Å²) in [5, 5.41) is 3.15. The smallest absolute Gasteiger partial charge is 0.223 e. The molecule has 0 aromatic rings. The third kappa shape index (κ3) is 3.62. The van der Waals surface area contributed by atoms with Crippen molar-refractivity contribution >= 4 is 17.7 Å². The van der Waals surface area contributed by atoms with Crippen LogP contribution in [0.2, 0.25) is 0 Å². The Labute approximate surface area is 108 Å². The maximum absolute atomic E-state index is 12.1. The summed E-state index contributed by atoms with van der Waals surface area (Å²) in [5.74, 6) is 4.11. The number of carbonyl (C=O) groups is 1. The van der Waals surface area contributed by atoms with Gasteiger partial charge in [0.25, 0.3) is 0 Å². The lowest BCUT2D eigenvalue weighted by Crippen LogP contribution is -2.38. The summed E-state index contributed by atoms with van der Waals surface area (Å²) in [6.45, 7) is 1.55. The van der Waals surface area contributed by atoms with Gasteiger partial charge < -0.3 is 11.1 Å². The third-order valence-corrected chi connectivity index (χ3v) is 5.25. The second-order valence-corrected chi connectivity index (χ2v) is 6.56. The van der Waals surface area contributed by atoms with Gasteiger partial charge in [0.15, 0.2) is 0 Å². The van der Waals surface area contributed by atoms with E-state index in [0.717, 1.165) is 19.4 Å². The Morgan fingerprint density at radius 1 is 1.24 bits per heavy atom. The summed E-state index contributed by atoms with van der Waals surface area (Å²) in [7, 11) is 0. The van der Waals surface area contributed by atoms with Crippen LogP contribution in [0.5, 0.6) is 0 Å². The van der Waals surface area contributed by atoms with Crippen LogP contribution < -0.4 is 11.1 Å². The zero-order valence-corrected chi connectivity index (χ0v) is 11.3. The molecular weight excluding hydrogens is 232 g/mol. The second-order valence-electron chi connectivity index (χ2n) is 5.33. The third-order valence-electron chi connectivity index (χ3n) is 4.20. The van der Waals surface area contributed by atoms with E-state index in [2.05, 4.69) is 5.32 Å². The molecule has 0 aromatic heterocycles. The number of carbonyl (C=O) groups excluding carboxylic acids is 1. The highest BCUT2D eigenvalue weighted by Crippen LogP contribution is 2.31. The molecule has 1 heterocycles. The predicted octanol–water partition coefficient (Wildman–Crippen LogP) is 1.62. The van der Waals surface area contributed by atoms with Crippen LogP contribution in [-0.2, 0) is 4.79 Å². The van der Waals surface area contributed by atoms with Crippen LogP contribution in [0.25, 0.3) is 0 Å². The molecule has 1 saturated carbocycles. The molecule has 2 unspecified atom stereocenters. The van der Waals surface area contributed by atoms with E-state index >= 15 is 0 Å². The summed E-state index contributed by atoms with van der Waals surface area (Å²) in [4.78, 5) is 12.1. The van der Waals surface area contributed by atoms with E-state index < -0.39 is 0 Å². The molecule has 0 bridgehead atoms. The molecule has 2 fully saturated rings. The Kier molecular flexibility index (Phi) is 5.16. The van der Waals surface area contributed by atoms with Crippen molar-refractivity contribution in [3.63, 3.8) is 0 Å². The van der Waals surface area contributed by atoms with Gasteiger partial charge in [-0.25, -0.2) is 0 Å². The minimum atomic E-state index is 0.193. The second kappa shape index (κ2) is 6.64. The number of nitrogens with two attached hydrogens (primary N) is 1. The Hall–Kier alpha value is -0.220. The van der Waals surface area contributed by atoms with Gasteiger partial charge in [-0.1, -0.05) is 6.42 Å². The van der Waals surface area contributed by atoms with E-state index in [9.17, 15) is 4.79 Å². The summed E-state index contributed by atoms with van der Waals surface area (Å²) in [6.07, 6.45) is 5.86. The van der Waals surface area contributed by atoms with Gasteiger partial charge in [-0.15, -0.1) is 0 Å². The maximum atomic E-state index is 12.1. The number of hydrogen-bond donors (Lipinski definition) is 2. The van der Waals surface area contributed by atoms with Gasteiger partial charge in [-0.3, -0.25) is 4.79 Å². The lowest BCUT2D eigenvalue weighted by molar-refractivity contribution is -0.126. The van der Waals surface area contributed by atoms with Crippen LogP contribution in [-0.4, -0.2) is 30.5 Å². The fourth-order valence-electron chi connectivity index (χ4n) is 2.99. The highest BCUT2D eigenvalue weighted by Gasteiger charge is 2.31. The van der Waals surface area contributed by atoms with Crippen molar-refractivity contribution in [2.75, 3.05) is 24.6 Å². The SMILES string of the molecule is NCC1CCCC1C(=O)NCC1CCSCC1. The number of thioether (sulfide) groups is 1. The van der Waals surface area contributed by atoms with Gasteiger partial charge in [0.05, 0.1) is 0 Å². The molecule has 98 valence electrons. The van der Waals surface area contributed by atoms with Gasteiger partial charge >= 0.3 is 0 Å². The maximum Gasteiger partial charge on any atom is 0.223 e. The van der Waals surface area contributed by atoms with E-state index in [0.29, 0.717) is 18.4 Å². The van der Waals surface area contributed by atoms with Crippen LogP contribution in [0.4, 0.5) is 0 Å². The minimum absolute atomic E-state index is 0.193. The summed E-state index contributed by atoms with van der Waals surface area (Å²) < 4.78 is 0. The lowest BCUT2D eigenvalue weighted by Gasteiger charge is -2.23. The molecule has 3 nitrogen and oxygen atoms in total. The molecule has 2 rings (SSSR count). The first-order valence-electron chi connectivity index (χ1n) is 6.86. The van der Waals surface area contributed by atoms with Crippen molar-refractivity contribution < 1.29 is 4.79 Å². The number of nitrogens with one attached hydrogen (secondary N) is 1. The van der Waals surface area contributed by atoms with Crippen LogP contribution in [0.15, 0.2) is 0 Å². The molecule has 3 N–H and O–H groups in total. The standard InChI is InChI=1S/C13H24N2OS/c14-8-11-2-1-3-12(11)13(16)15-9-10-4-6-17-7-5-10/h10-12H,1-9,14H2,(H,15,16). The molecule has 1 aliphatic heterocycles. The molecule has 0 spiro atoms. The van der Waals surface area contributed by atoms with Crippen LogP contribution in [0.1, 0.15) is 32.1 Å². The highest BCUT2D eigenvalue weighted by atomic mass is 32.2. The van der Waals surface area contributed by atoms with Crippen LogP contribution >= 0.6 is 11.8 Å². The largest absolute Gasteiger partial charge is 0.356 e. The molecule has 1 aliphatic carbocycles. The quantitative estimate of drug-likeness (QED) is 0.803. The van der Waals surface area contributed by atoms with E-state index in [1.54, 1.807) is 0 Å². The normalized spacial score (nSPS) is 30.4. The molecule has 4 heteroatoms. The Morgan fingerprint density at radius 3 is 2.71 bits per heavy atom. The van der Waals surface area contributed by atoms with E-state index in [-0.39, 0.29) is 11.8 Å².